The van der Waals surface area contributed by atoms with Crippen molar-refractivity contribution in [1.29, 1.82) is 0 Å². The standard InChI is InChI=1S/C22H23F2N5OS/c1-3-14(4-2)21-27-19-7-8-28(11-20(19)31-21)22(30)17(10-29-13-25-12-26-29)16-6-5-15(23)9-18(16)24/h3-6,9,12-13,17,22,30H,1,7-8,10-11H2,2H3/b14-4+. The van der Waals surface area contributed by atoms with Gasteiger partial charge in [-0.05, 0) is 18.6 Å². The Bertz CT molecular complexity index is 1100. The smallest absolute Gasteiger partial charge is 0.137 e. The normalized spacial score (nSPS) is 16.7. The van der Waals surface area contributed by atoms with Crippen molar-refractivity contribution < 1.29 is 13.9 Å². The van der Waals surface area contributed by atoms with E-state index in [9.17, 15) is 13.9 Å². The molecule has 162 valence electrons. The van der Waals surface area contributed by atoms with Crippen LogP contribution in [0.3, 0.4) is 0 Å². The van der Waals surface area contributed by atoms with Gasteiger partial charge in [0.1, 0.15) is 35.5 Å². The first-order valence-electron chi connectivity index (χ1n) is 9.97. The molecule has 0 amide bonds. The Kier molecular flexibility index (Phi) is 6.35. The van der Waals surface area contributed by atoms with Crippen molar-refractivity contribution >= 4 is 16.9 Å². The Balaban J connectivity index is 1.61. The van der Waals surface area contributed by atoms with Gasteiger partial charge in [-0.1, -0.05) is 24.8 Å². The van der Waals surface area contributed by atoms with E-state index in [-0.39, 0.29) is 12.1 Å². The maximum atomic E-state index is 14.6. The molecule has 0 fully saturated rings. The van der Waals surface area contributed by atoms with Crippen LogP contribution in [0.4, 0.5) is 8.78 Å². The topological polar surface area (TPSA) is 67.1 Å². The molecule has 0 aliphatic carbocycles. The van der Waals surface area contributed by atoms with E-state index >= 15 is 0 Å². The van der Waals surface area contributed by atoms with Crippen LogP contribution < -0.4 is 0 Å². The van der Waals surface area contributed by atoms with E-state index in [2.05, 4.69) is 16.7 Å². The zero-order valence-electron chi connectivity index (χ0n) is 17.1. The SMILES string of the molecule is C=C/C(=C\C)c1nc2c(s1)CN(C(O)C(Cn1cncn1)c1ccc(F)cc1F)CC2. The van der Waals surface area contributed by atoms with E-state index in [0.29, 0.717) is 19.5 Å². The van der Waals surface area contributed by atoms with Crippen LogP contribution in [0.1, 0.15) is 34.0 Å². The number of halogens is 2. The minimum absolute atomic E-state index is 0.209. The van der Waals surface area contributed by atoms with Crippen LogP contribution in [0.5, 0.6) is 0 Å². The first kappa shape index (κ1) is 21.5. The molecule has 2 aromatic heterocycles. The van der Waals surface area contributed by atoms with Crippen LogP contribution in [-0.2, 0) is 19.5 Å². The van der Waals surface area contributed by atoms with Gasteiger partial charge in [0.05, 0.1) is 12.2 Å². The highest BCUT2D eigenvalue weighted by atomic mass is 32.1. The molecule has 2 atom stereocenters. The Morgan fingerprint density at radius 3 is 2.90 bits per heavy atom. The number of rotatable bonds is 7. The fourth-order valence-electron chi connectivity index (χ4n) is 3.83. The molecule has 1 aliphatic rings. The lowest BCUT2D eigenvalue weighted by Gasteiger charge is -2.35. The Morgan fingerprint density at radius 2 is 2.23 bits per heavy atom. The van der Waals surface area contributed by atoms with Gasteiger partial charge < -0.3 is 5.11 Å². The van der Waals surface area contributed by atoms with Gasteiger partial charge in [-0.15, -0.1) is 11.3 Å². The number of allylic oxidation sites excluding steroid dienone is 3. The first-order valence-corrected chi connectivity index (χ1v) is 10.8. The Labute approximate surface area is 183 Å². The van der Waals surface area contributed by atoms with Crippen LogP contribution >= 0.6 is 11.3 Å². The van der Waals surface area contributed by atoms with Crippen molar-refractivity contribution in [2.24, 2.45) is 0 Å². The predicted molar refractivity (Wildman–Crippen MR) is 115 cm³/mol. The maximum Gasteiger partial charge on any atom is 0.137 e. The molecule has 0 spiro atoms. The monoisotopic (exact) mass is 443 g/mol. The highest BCUT2D eigenvalue weighted by Crippen LogP contribution is 2.33. The van der Waals surface area contributed by atoms with Gasteiger partial charge in [-0.2, -0.15) is 5.10 Å². The molecule has 1 N–H and O–H groups in total. The number of thiazole rings is 1. The summed E-state index contributed by atoms with van der Waals surface area (Å²) in [6.07, 6.45) is 6.33. The van der Waals surface area contributed by atoms with Crippen molar-refractivity contribution in [1.82, 2.24) is 24.6 Å². The number of hydrogen-bond acceptors (Lipinski definition) is 6. The molecule has 0 radical (unpaired) electrons. The van der Waals surface area contributed by atoms with Crippen molar-refractivity contribution in [3.63, 3.8) is 0 Å². The van der Waals surface area contributed by atoms with Crippen LogP contribution in [-0.4, -0.2) is 42.5 Å². The van der Waals surface area contributed by atoms with E-state index in [1.54, 1.807) is 22.1 Å². The number of aliphatic hydroxyl groups excluding tert-OH is 1. The van der Waals surface area contributed by atoms with Crippen molar-refractivity contribution in [2.45, 2.75) is 38.6 Å². The molecule has 2 unspecified atom stereocenters. The molecule has 9 heteroatoms. The number of benzene rings is 1. The molecular weight excluding hydrogens is 420 g/mol. The molecular formula is C22H23F2N5OS. The highest BCUT2D eigenvalue weighted by molar-refractivity contribution is 7.12. The van der Waals surface area contributed by atoms with Gasteiger partial charge >= 0.3 is 0 Å². The van der Waals surface area contributed by atoms with E-state index < -0.39 is 23.8 Å². The molecule has 0 bridgehead atoms. The van der Waals surface area contributed by atoms with Gasteiger partial charge in [-0.25, -0.2) is 18.7 Å². The second kappa shape index (κ2) is 9.17. The van der Waals surface area contributed by atoms with E-state index in [1.165, 1.54) is 24.8 Å². The summed E-state index contributed by atoms with van der Waals surface area (Å²) in [7, 11) is 0. The highest BCUT2D eigenvalue weighted by Gasteiger charge is 2.33. The maximum absolute atomic E-state index is 14.6. The molecule has 6 nitrogen and oxygen atoms in total. The minimum atomic E-state index is -0.997. The van der Waals surface area contributed by atoms with Crippen LogP contribution in [0, 0.1) is 11.6 Å². The van der Waals surface area contributed by atoms with Crippen LogP contribution in [0.25, 0.3) is 5.57 Å². The van der Waals surface area contributed by atoms with Crippen molar-refractivity contribution in [3.8, 4) is 0 Å². The lowest BCUT2D eigenvalue weighted by Crippen LogP contribution is -2.43. The third-order valence-corrected chi connectivity index (χ3v) is 6.62. The fourth-order valence-corrected chi connectivity index (χ4v) is 5.04. The number of hydrogen-bond donors (Lipinski definition) is 1. The first-order chi connectivity index (χ1) is 15.0. The molecule has 1 aliphatic heterocycles. The third-order valence-electron chi connectivity index (χ3n) is 5.48. The van der Waals surface area contributed by atoms with Crippen LogP contribution in [0.15, 0.2) is 49.6 Å². The van der Waals surface area contributed by atoms with E-state index in [4.69, 9.17) is 4.98 Å². The van der Waals surface area contributed by atoms with Crippen LogP contribution in [0.2, 0.25) is 0 Å². The van der Waals surface area contributed by atoms with E-state index in [0.717, 1.165) is 27.2 Å². The van der Waals surface area contributed by atoms with Gasteiger partial charge in [-0.3, -0.25) is 9.58 Å². The summed E-state index contributed by atoms with van der Waals surface area (Å²) in [4.78, 5) is 11.6. The minimum Gasteiger partial charge on any atom is -0.378 e. The molecule has 0 saturated heterocycles. The summed E-state index contributed by atoms with van der Waals surface area (Å²) in [5, 5.41) is 16.3. The van der Waals surface area contributed by atoms with Gasteiger partial charge in [0, 0.05) is 41.9 Å². The second-order valence-electron chi connectivity index (χ2n) is 7.36. The molecule has 3 heterocycles. The summed E-state index contributed by atoms with van der Waals surface area (Å²) >= 11 is 1.58. The summed E-state index contributed by atoms with van der Waals surface area (Å²) in [5.41, 5.74) is 2.23. The lowest BCUT2D eigenvalue weighted by molar-refractivity contribution is -0.0304. The largest absolute Gasteiger partial charge is 0.378 e. The average molecular weight is 444 g/mol. The molecule has 3 aromatic rings. The number of fused-ring (bicyclic) bond motifs is 1. The quantitative estimate of drug-likeness (QED) is 0.563. The molecule has 1 aromatic carbocycles. The summed E-state index contributed by atoms with van der Waals surface area (Å²) in [6.45, 7) is 7.06. The number of aromatic nitrogens is 4. The number of nitrogens with zero attached hydrogens (tertiary/aromatic N) is 5. The Hall–Kier alpha value is -2.75. The van der Waals surface area contributed by atoms with Gasteiger partial charge in [0.25, 0.3) is 0 Å². The molecule has 31 heavy (non-hydrogen) atoms. The molecule has 0 saturated carbocycles. The lowest BCUT2D eigenvalue weighted by atomic mass is 9.94. The van der Waals surface area contributed by atoms with E-state index in [1.807, 2.05) is 17.9 Å². The third kappa shape index (κ3) is 4.48. The van der Waals surface area contributed by atoms with Crippen molar-refractivity contribution in [3.05, 3.63) is 82.4 Å². The zero-order valence-corrected chi connectivity index (χ0v) is 17.9. The Morgan fingerprint density at radius 1 is 1.39 bits per heavy atom. The zero-order chi connectivity index (χ0) is 22.0. The van der Waals surface area contributed by atoms with Crippen molar-refractivity contribution in [2.75, 3.05) is 6.54 Å². The average Bonchev–Trinajstić information content (AvgIpc) is 3.42. The van der Waals surface area contributed by atoms with Gasteiger partial charge in [0.2, 0.25) is 0 Å². The fraction of sp³-hybridized carbons (Fsp3) is 0.318. The molecule has 4 rings (SSSR count). The van der Waals surface area contributed by atoms with Gasteiger partial charge in [0.15, 0.2) is 0 Å². The second-order valence-corrected chi connectivity index (χ2v) is 8.44. The predicted octanol–water partition coefficient (Wildman–Crippen LogP) is 3.76. The summed E-state index contributed by atoms with van der Waals surface area (Å²) in [6, 6.07) is 3.43. The summed E-state index contributed by atoms with van der Waals surface area (Å²) in [5.74, 6) is -2.00. The summed E-state index contributed by atoms with van der Waals surface area (Å²) < 4.78 is 29.6. The number of aliphatic hydroxyl groups is 1.